The first-order chi connectivity index (χ1) is 17.2. The maximum Gasteiger partial charge on any atom is 0.172 e. The van der Waals surface area contributed by atoms with Crippen LogP contribution in [0, 0.1) is 0 Å². The van der Waals surface area contributed by atoms with E-state index in [-0.39, 0.29) is 10.7 Å². The summed E-state index contributed by atoms with van der Waals surface area (Å²) in [6.45, 7) is 7.84. The summed E-state index contributed by atoms with van der Waals surface area (Å²) in [5.41, 5.74) is 3.73. The van der Waals surface area contributed by atoms with E-state index >= 15 is 0 Å². The quantitative estimate of drug-likeness (QED) is 0.293. The molecule has 0 aliphatic carbocycles. The normalized spacial score (nSPS) is 15.5. The van der Waals surface area contributed by atoms with Crippen LogP contribution in [-0.4, -0.2) is 64.3 Å². The third kappa shape index (κ3) is 5.82. The highest BCUT2D eigenvalue weighted by Gasteiger charge is 2.13. The van der Waals surface area contributed by atoms with E-state index in [1.54, 1.807) is 6.20 Å². The van der Waals surface area contributed by atoms with Crippen LogP contribution in [0.15, 0.2) is 76.2 Å². The number of aromatic nitrogens is 3. The van der Waals surface area contributed by atoms with Gasteiger partial charge in [0.1, 0.15) is 5.82 Å². The highest BCUT2D eigenvalue weighted by molar-refractivity contribution is 9.10. The van der Waals surface area contributed by atoms with Crippen LogP contribution in [0.2, 0.25) is 0 Å². The van der Waals surface area contributed by atoms with Crippen LogP contribution in [0.5, 0.6) is 0 Å². The molecule has 0 amide bonds. The summed E-state index contributed by atoms with van der Waals surface area (Å²) in [5.74, 6) is 0.858. The Morgan fingerprint density at radius 1 is 1.09 bits per heavy atom. The van der Waals surface area contributed by atoms with Crippen molar-refractivity contribution in [1.29, 1.82) is 0 Å². The minimum atomic E-state index is -0.0959. The second-order valence-electron chi connectivity index (χ2n) is 8.19. The van der Waals surface area contributed by atoms with Crippen molar-refractivity contribution in [1.82, 2.24) is 24.2 Å². The Balaban J connectivity index is 1.31. The zero-order chi connectivity index (χ0) is 24.0. The molecule has 0 spiro atoms. The Bertz CT molecular complexity index is 1300. The zero-order valence-electron chi connectivity index (χ0n) is 19.7. The second-order valence-corrected chi connectivity index (χ2v) is 11.0. The van der Waals surface area contributed by atoms with Crippen molar-refractivity contribution in [2.24, 2.45) is 0 Å². The van der Waals surface area contributed by atoms with Gasteiger partial charge in [0.2, 0.25) is 0 Å². The Morgan fingerprint density at radius 3 is 2.60 bits per heavy atom. The number of hydrogen-bond acceptors (Lipinski definition) is 6. The predicted molar refractivity (Wildman–Crippen MR) is 149 cm³/mol. The van der Waals surface area contributed by atoms with Crippen molar-refractivity contribution in [3.63, 3.8) is 0 Å². The van der Waals surface area contributed by atoms with Crippen LogP contribution < -0.4 is 10.0 Å². The molecule has 5 rings (SSSR count). The van der Waals surface area contributed by atoms with Gasteiger partial charge >= 0.3 is 0 Å². The van der Waals surface area contributed by atoms with Gasteiger partial charge in [-0.3, -0.25) is 9.62 Å². The van der Waals surface area contributed by atoms with E-state index in [0.717, 1.165) is 72.3 Å². The van der Waals surface area contributed by atoms with Gasteiger partial charge in [-0.1, -0.05) is 41.0 Å². The molecule has 0 bridgehead atoms. The summed E-state index contributed by atoms with van der Waals surface area (Å²) in [4.78, 5) is 8.53. The molecule has 1 aliphatic heterocycles. The van der Waals surface area contributed by atoms with Crippen molar-refractivity contribution < 1.29 is 4.74 Å². The third-order valence-corrected chi connectivity index (χ3v) is 8.23. The lowest BCUT2D eigenvalue weighted by Crippen LogP contribution is -2.39. The molecule has 1 aliphatic rings. The van der Waals surface area contributed by atoms with Crippen LogP contribution in [0.25, 0.3) is 16.9 Å². The Morgan fingerprint density at radius 2 is 1.86 bits per heavy atom. The van der Waals surface area contributed by atoms with Gasteiger partial charge in [0.05, 0.1) is 29.6 Å². The Hall–Kier alpha value is -2.56. The van der Waals surface area contributed by atoms with Crippen molar-refractivity contribution in [2.75, 3.05) is 44.7 Å². The van der Waals surface area contributed by atoms with E-state index in [4.69, 9.17) is 9.72 Å². The van der Waals surface area contributed by atoms with E-state index in [2.05, 4.69) is 84.7 Å². The van der Waals surface area contributed by atoms with Crippen molar-refractivity contribution >= 4 is 49.1 Å². The fourth-order valence-electron chi connectivity index (χ4n) is 4.06. The zero-order valence-corrected chi connectivity index (χ0v) is 22.1. The number of rotatable bonds is 8. The Kier molecular flexibility index (Phi) is 7.90. The largest absolute Gasteiger partial charge is 0.379 e. The summed E-state index contributed by atoms with van der Waals surface area (Å²) in [6, 6.07) is 20.8. The molecule has 2 N–H and O–H groups in total. The number of nitrogens with zero attached hydrogens (tertiary/aromatic N) is 4. The summed E-state index contributed by atoms with van der Waals surface area (Å²) >= 11 is 3.58. The molecular weight excluding hydrogens is 524 g/mol. The molecule has 1 fully saturated rings. The first-order valence-electron chi connectivity index (χ1n) is 11.7. The van der Waals surface area contributed by atoms with E-state index < -0.39 is 0 Å². The lowest BCUT2D eigenvalue weighted by molar-refractivity contribution is 0.0391. The monoisotopic (exact) mass is 552 g/mol. The number of halogens is 1. The van der Waals surface area contributed by atoms with Gasteiger partial charge in [0.15, 0.2) is 5.65 Å². The summed E-state index contributed by atoms with van der Waals surface area (Å²) < 4.78 is 11.8. The topological polar surface area (TPSA) is 66.7 Å². The van der Waals surface area contributed by atoms with Crippen molar-refractivity contribution in [3.8, 4) is 11.3 Å². The molecule has 1 atom stereocenters. The molecule has 2 aromatic carbocycles. The number of anilines is 2. The highest BCUT2D eigenvalue weighted by Crippen LogP contribution is 2.29. The number of hydrogen-bond donors (Lipinski definition) is 2. The fraction of sp³-hybridized carbons (Fsp3) is 0.269. The highest BCUT2D eigenvalue weighted by atomic mass is 79.9. The lowest BCUT2D eigenvalue weighted by atomic mass is 10.1. The van der Waals surface area contributed by atoms with Gasteiger partial charge < -0.3 is 10.1 Å². The molecular formula is C26H29BrN6OS. The molecule has 35 heavy (non-hydrogen) atoms. The minimum Gasteiger partial charge on any atom is -0.379 e. The van der Waals surface area contributed by atoms with Gasteiger partial charge in [0, 0.05) is 48.4 Å². The molecule has 1 saturated heterocycles. The van der Waals surface area contributed by atoms with Crippen LogP contribution in [0.4, 0.5) is 11.5 Å². The summed E-state index contributed by atoms with van der Waals surface area (Å²) in [7, 11) is -0.0959. The van der Waals surface area contributed by atoms with Gasteiger partial charge in [-0.2, -0.15) is 9.61 Å². The lowest BCUT2D eigenvalue weighted by Gasteiger charge is -2.26. The molecule has 2 aromatic heterocycles. The van der Waals surface area contributed by atoms with Gasteiger partial charge in [0.25, 0.3) is 0 Å². The molecule has 0 radical (unpaired) electrons. The number of fused-ring (bicyclic) bond motifs is 1. The van der Waals surface area contributed by atoms with Crippen molar-refractivity contribution in [3.05, 3.63) is 71.3 Å². The van der Waals surface area contributed by atoms with E-state index in [1.807, 2.05) is 28.8 Å². The second kappa shape index (κ2) is 11.5. The van der Waals surface area contributed by atoms with Gasteiger partial charge in [-0.15, -0.1) is 0 Å². The fourth-order valence-corrected chi connectivity index (χ4v) is 5.75. The first kappa shape index (κ1) is 24.1. The van der Waals surface area contributed by atoms with Gasteiger partial charge in [-0.05, 0) is 52.5 Å². The van der Waals surface area contributed by atoms with E-state index in [0.29, 0.717) is 0 Å². The number of morpholine rings is 1. The average molecular weight is 554 g/mol. The van der Waals surface area contributed by atoms with Crippen LogP contribution in [0.1, 0.15) is 6.92 Å². The smallest absolute Gasteiger partial charge is 0.172 e. The SMILES string of the molecule is C/C=S(\NCCN1CCOCC1)c1ccc(Nc2cc(-c3ccccc3)nc3c(Br)cnn23)cc1. The average Bonchev–Trinajstić information content (AvgIpc) is 3.29. The van der Waals surface area contributed by atoms with E-state index in [9.17, 15) is 0 Å². The molecule has 9 heteroatoms. The maximum atomic E-state index is 5.44. The number of ether oxygens (including phenoxy) is 1. The summed E-state index contributed by atoms with van der Waals surface area (Å²) in [5, 5.41) is 10.3. The number of nitrogens with one attached hydrogen (secondary N) is 2. The maximum absolute atomic E-state index is 5.44. The minimum absolute atomic E-state index is 0.0959. The third-order valence-electron chi connectivity index (χ3n) is 5.90. The van der Waals surface area contributed by atoms with E-state index in [1.165, 1.54) is 4.90 Å². The van der Waals surface area contributed by atoms with Crippen LogP contribution in [-0.2, 0) is 4.74 Å². The standard InChI is InChI=1S/C26H29BrN6OS/c1-2-35(29-12-13-32-14-16-34-17-15-32)22-10-8-21(9-11-22)30-25-18-24(20-6-4-3-5-7-20)31-26-23(27)19-28-33(25)26/h2-11,18-19,29-30H,12-17H2,1H3. The molecule has 182 valence electrons. The van der Waals surface area contributed by atoms with Crippen LogP contribution in [0.3, 0.4) is 0 Å². The van der Waals surface area contributed by atoms with Crippen LogP contribution >= 0.6 is 26.6 Å². The van der Waals surface area contributed by atoms with Crippen molar-refractivity contribution in [2.45, 2.75) is 11.8 Å². The van der Waals surface area contributed by atoms with Gasteiger partial charge in [-0.25, -0.2) is 4.98 Å². The molecule has 0 saturated carbocycles. The molecule has 1 unspecified atom stereocenters. The molecule has 3 heterocycles. The molecule has 7 nitrogen and oxygen atoms in total. The number of benzene rings is 2. The summed E-state index contributed by atoms with van der Waals surface area (Å²) in [6.07, 6.45) is 1.77. The first-order valence-corrected chi connectivity index (χ1v) is 13.8. The predicted octanol–water partition coefficient (Wildman–Crippen LogP) is 5.19. The molecule has 4 aromatic rings. The Labute approximate surface area is 216 Å².